The minimum absolute atomic E-state index is 0.275. The van der Waals surface area contributed by atoms with E-state index in [1.54, 1.807) is 12.1 Å². The first-order valence-electron chi connectivity index (χ1n) is 8.92. The van der Waals surface area contributed by atoms with E-state index >= 15 is 0 Å². The molecule has 0 bridgehead atoms. The highest BCUT2D eigenvalue weighted by Gasteiger charge is 2.12. The van der Waals surface area contributed by atoms with Gasteiger partial charge in [-0.3, -0.25) is 4.90 Å². The number of morpholine rings is 1. The normalized spacial score (nSPS) is 15.4. The SMILES string of the molecule is Cc1cc(OCCN2CCOCC2)nn1-c1ccc2cc(O)ccc2c1. The van der Waals surface area contributed by atoms with E-state index in [0.29, 0.717) is 12.5 Å². The first-order chi connectivity index (χ1) is 12.7. The van der Waals surface area contributed by atoms with E-state index in [1.807, 2.05) is 35.9 Å². The number of ether oxygens (including phenoxy) is 2. The molecule has 1 aliphatic rings. The van der Waals surface area contributed by atoms with Gasteiger partial charge >= 0.3 is 0 Å². The molecule has 0 saturated carbocycles. The van der Waals surface area contributed by atoms with Crippen molar-refractivity contribution in [1.82, 2.24) is 14.7 Å². The third-order valence-corrected chi connectivity index (χ3v) is 4.68. The molecule has 136 valence electrons. The van der Waals surface area contributed by atoms with E-state index in [-0.39, 0.29) is 5.75 Å². The predicted molar refractivity (Wildman–Crippen MR) is 100 cm³/mol. The number of hydrogen-bond acceptors (Lipinski definition) is 5. The second-order valence-corrected chi connectivity index (χ2v) is 6.55. The van der Waals surface area contributed by atoms with Crippen molar-refractivity contribution < 1.29 is 14.6 Å². The van der Waals surface area contributed by atoms with Gasteiger partial charge in [0.2, 0.25) is 5.88 Å². The third-order valence-electron chi connectivity index (χ3n) is 4.68. The van der Waals surface area contributed by atoms with Gasteiger partial charge in [-0.15, -0.1) is 5.10 Å². The lowest BCUT2D eigenvalue weighted by atomic mass is 10.1. The van der Waals surface area contributed by atoms with Crippen LogP contribution in [0.4, 0.5) is 0 Å². The molecule has 1 aliphatic heterocycles. The predicted octanol–water partition coefficient (Wildman–Crippen LogP) is 2.75. The number of aromatic nitrogens is 2. The summed E-state index contributed by atoms with van der Waals surface area (Å²) >= 11 is 0. The van der Waals surface area contributed by atoms with E-state index in [1.165, 1.54) is 0 Å². The Morgan fingerprint density at radius 2 is 1.85 bits per heavy atom. The highest BCUT2D eigenvalue weighted by atomic mass is 16.5. The second-order valence-electron chi connectivity index (χ2n) is 6.55. The lowest BCUT2D eigenvalue weighted by Crippen LogP contribution is -2.38. The molecule has 6 nitrogen and oxygen atoms in total. The molecule has 1 aromatic heterocycles. The van der Waals surface area contributed by atoms with Crippen LogP contribution in [0.25, 0.3) is 16.5 Å². The maximum absolute atomic E-state index is 9.60. The van der Waals surface area contributed by atoms with Crippen molar-refractivity contribution >= 4 is 10.8 Å². The molecule has 1 N–H and O–H groups in total. The largest absolute Gasteiger partial charge is 0.508 e. The Balaban J connectivity index is 1.46. The van der Waals surface area contributed by atoms with Crippen LogP contribution in [0.1, 0.15) is 5.69 Å². The zero-order valence-corrected chi connectivity index (χ0v) is 14.9. The molecule has 1 saturated heterocycles. The van der Waals surface area contributed by atoms with Crippen LogP contribution in [0, 0.1) is 6.92 Å². The van der Waals surface area contributed by atoms with Crippen molar-refractivity contribution in [3.05, 3.63) is 48.2 Å². The third kappa shape index (κ3) is 3.66. The summed E-state index contributed by atoms with van der Waals surface area (Å²) in [7, 11) is 0. The number of benzene rings is 2. The molecule has 1 fully saturated rings. The average molecular weight is 353 g/mol. The maximum Gasteiger partial charge on any atom is 0.233 e. The lowest BCUT2D eigenvalue weighted by Gasteiger charge is -2.26. The number of rotatable bonds is 5. The van der Waals surface area contributed by atoms with Crippen LogP contribution in [0.5, 0.6) is 11.6 Å². The zero-order valence-electron chi connectivity index (χ0n) is 14.9. The summed E-state index contributed by atoms with van der Waals surface area (Å²) in [6.07, 6.45) is 0. The van der Waals surface area contributed by atoms with Gasteiger partial charge in [0.25, 0.3) is 0 Å². The number of fused-ring (bicyclic) bond motifs is 1. The fraction of sp³-hybridized carbons (Fsp3) is 0.350. The van der Waals surface area contributed by atoms with Gasteiger partial charge in [0, 0.05) is 31.4 Å². The van der Waals surface area contributed by atoms with Crippen LogP contribution in [-0.4, -0.2) is 59.2 Å². The van der Waals surface area contributed by atoms with Gasteiger partial charge in [-0.05, 0) is 42.0 Å². The van der Waals surface area contributed by atoms with Gasteiger partial charge in [0.05, 0.1) is 18.9 Å². The standard InChI is InChI=1S/C20H23N3O3/c1-15-12-20(26-11-8-22-6-9-25-10-7-22)21-23(15)18-4-2-17-14-19(24)5-3-16(17)13-18/h2-5,12-14,24H,6-11H2,1H3. The van der Waals surface area contributed by atoms with E-state index in [4.69, 9.17) is 9.47 Å². The van der Waals surface area contributed by atoms with E-state index in [0.717, 1.165) is 55.0 Å². The second kappa shape index (κ2) is 7.35. The van der Waals surface area contributed by atoms with E-state index < -0.39 is 0 Å². The Labute approximate surface area is 152 Å². The number of phenolic OH excluding ortho intramolecular Hbond substituents is 1. The molecule has 6 heteroatoms. The number of aromatic hydroxyl groups is 1. The van der Waals surface area contributed by atoms with E-state index in [9.17, 15) is 5.11 Å². The zero-order chi connectivity index (χ0) is 17.9. The van der Waals surface area contributed by atoms with Gasteiger partial charge in [-0.1, -0.05) is 12.1 Å². The molecule has 0 aliphatic carbocycles. The Hall–Kier alpha value is -2.57. The highest BCUT2D eigenvalue weighted by Crippen LogP contribution is 2.24. The number of phenols is 1. The Morgan fingerprint density at radius 3 is 2.69 bits per heavy atom. The fourth-order valence-electron chi connectivity index (χ4n) is 3.23. The van der Waals surface area contributed by atoms with Crippen LogP contribution in [0.15, 0.2) is 42.5 Å². The first kappa shape index (κ1) is 16.9. The summed E-state index contributed by atoms with van der Waals surface area (Å²) in [6, 6.07) is 13.4. The topological polar surface area (TPSA) is 59.8 Å². The maximum atomic E-state index is 9.60. The molecule has 0 unspecified atom stereocenters. The molecule has 3 aromatic rings. The fourth-order valence-corrected chi connectivity index (χ4v) is 3.23. The van der Waals surface area contributed by atoms with Crippen molar-refractivity contribution in [3.63, 3.8) is 0 Å². The van der Waals surface area contributed by atoms with Gasteiger partial charge in [-0.25, -0.2) is 4.68 Å². The minimum atomic E-state index is 0.275. The van der Waals surface area contributed by atoms with Gasteiger partial charge in [0.1, 0.15) is 12.4 Å². The van der Waals surface area contributed by atoms with Crippen LogP contribution < -0.4 is 4.74 Å². The van der Waals surface area contributed by atoms with Crippen LogP contribution in [0.2, 0.25) is 0 Å². The monoisotopic (exact) mass is 353 g/mol. The Bertz CT molecular complexity index is 900. The molecule has 0 spiro atoms. The lowest BCUT2D eigenvalue weighted by molar-refractivity contribution is 0.0320. The van der Waals surface area contributed by atoms with Crippen molar-refractivity contribution in [2.45, 2.75) is 6.92 Å². The summed E-state index contributed by atoms with van der Waals surface area (Å²) < 4.78 is 13.1. The summed E-state index contributed by atoms with van der Waals surface area (Å²) in [5.41, 5.74) is 1.99. The summed E-state index contributed by atoms with van der Waals surface area (Å²) in [6.45, 7) is 7.04. The van der Waals surface area contributed by atoms with E-state index in [2.05, 4.69) is 16.1 Å². The molecule has 4 rings (SSSR count). The van der Waals surface area contributed by atoms with Gasteiger partial charge in [0.15, 0.2) is 0 Å². The first-order valence-corrected chi connectivity index (χ1v) is 8.92. The van der Waals surface area contributed by atoms with Crippen molar-refractivity contribution in [2.24, 2.45) is 0 Å². The van der Waals surface area contributed by atoms with Crippen molar-refractivity contribution in [2.75, 3.05) is 39.5 Å². The number of aryl methyl sites for hydroxylation is 1. The molecule has 0 radical (unpaired) electrons. The molecule has 26 heavy (non-hydrogen) atoms. The summed E-state index contributed by atoms with van der Waals surface area (Å²) in [5, 5.41) is 16.2. The van der Waals surface area contributed by atoms with Crippen LogP contribution in [0.3, 0.4) is 0 Å². The number of nitrogens with zero attached hydrogens (tertiary/aromatic N) is 3. The molecule has 0 amide bonds. The van der Waals surface area contributed by atoms with Crippen molar-refractivity contribution in [3.8, 4) is 17.3 Å². The van der Waals surface area contributed by atoms with Crippen molar-refractivity contribution in [1.29, 1.82) is 0 Å². The smallest absolute Gasteiger partial charge is 0.233 e. The molecular formula is C20H23N3O3. The quantitative estimate of drug-likeness (QED) is 0.764. The number of hydrogen-bond donors (Lipinski definition) is 1. The average Bonchev–Trinajstić information content (AvgIpc) is 3.03. The molecular weight excluding hydrogens is 330 g/mol. The van der Waals surface area contributed by atoms with Gasteiger partial charge in [-0.2, -0.15) is 0 Å². The Kier molecular flexibility index (Phi) is 4.77. The minimum Gasteiger partial charge on any atom is -0.508 e. The Morgan fingerprint density at radius 1 is 1.08 bits per heavy atom. The molecule has 2 heterocycles. The van der Waals surface area contributed by atoms with Gasteiger partial charge < -0.3 is 14.6 Å². The molecule has 2 aromatic carbocycles. The highest BCUT2D eigenvalue weighted by molar-refractivity contribution is 5.85. The summed E-state index contributed by atoms with van der Waals surface area (Å²) in [5.74, 6) is 0.915. The molecule has 0 atom stereocenters. The van der Waals surface area contributed by atoms with Crippen LogP contribution >= 0.6 is 0 Å². The van der Waals surface area contributed by atoms with Crippen LogP contribution in [-0.2, 0) is 4.74 Å². The summed E-state index contributed by atoms with van der Waals surface area (Å²) in [4.78, 5) is 2.34.